The van der Waals surface area contributed by atoms with Gasteiger partial charge in [0.15, 0.2) is 0 Å². The van der Waals surface area contributed by atoms with Crippen molar-refractivity contribution < 1.29 is 9.21 Å². The number of carbonyl (C=O) groups excluding carboxylic acids is 1. The van der Waals surface area contributed by atoms with Gasteiger partial charge < -0.3 is 21.2 Å². The molecule has 26 heavy (non-hydrogen) atoms. The van der Waals surface area contributed by atoms with E-state index in [2.05, 4.69) is 25.5 Å². The summed E-state index contributed by atoms with van der Waals surface area (Å²) in [5.74, 6) is 0.690. The van der Waals surface area contributed by atoms with E-state index in [4.69, 9.17) is 27.5 Å². The number of benzene rings is 1. The van der Waals surface area contributed by atoms with Crippen LogP contribution in [-0.2, 0) is 0 Å². The molecular formula is C16H16ClN7O2. The number of halogens is 1. The highest BCUT2D eigenvalue weighted by molar-refractivity contribution is 6.34. The third-order valence-corrected chi connectivity index (χ3v) is 3.79. The maximum absolute atomic E-state index is 11.2. The van der Waals surface area contributed by atoms with Crippen LogP contribution in [0, 0.1) is 0 Å². The molecule has 0 saturated carbocycles. The number of carbonyl (C=O) groups is 1. The molecule has 134 valence electrons. The van der Waals surface area contributed by atoms with Crippen LogP contribution in [0.4, 0.5) is 17.5 Å². The molecule has 0 saturated heterocycles. The predicted molar refractivity (Wildman–Crippen MR) is 97.1 cm³/mol. The molecule has 5 N–H and O–H groups in total. The molecular weight excluding hydrogens is 358 g/mol. The van der Waals surface area contributed by atoms with E-state index in [-0.39, 0.29) is 34.2 Å². The number of anilines is 3. The lowest BCUT2D eigenvalue weighted by Gasteiger charge is -2.08. The van der Waals surface area contributed by atoms with Crippen molar-refractivity contribution in [2.45, 2.75) is 19.8 Å². The number of rotatable bonds is 5. The van der Waals surface area contributed by atoms with Crippen LogP contribution < -0.4 is 16.8 Å². The van der Waals surface area contributed by atoms with E-state index >= 15 is 0 Å². The highest BCUT2D eigenvalue weighted by atomic mass is 35.5. The molecule has 0 atom stereocenters. The molecule has 9 nitrogen and oxygen atoms in total. The predicted octanol–water partition coefficient (Wildman–Crippen LogP) is 2.73. The minimum Gasteiger partial charge on any atom is -0.420 e. The molecule has 3 aromatic rings. The summed E-state index contributed by atoms with van der Waals surface area (Å²) in [5.41, 5.74) is 12.4. The fourth-order valence-electron chi connectivity index (χ4n) is 2.12. The summed E-state index contributed by atoms with van der Waals surface area (Å²) in [6.07, 6.45) is 1.49. The SMILES string of the molecule is CC(C)c1nnc(-c2cnc(Nc3ccc(C(N)=O)c(Cl)c3)nc2N)o1. The van der Waals surface area contributed by atoms with Crippen LogP contribution in [0.3, 0.4) is 0 Å². The molecule has 1 amide bonds. The molecule has 0 bridgehead atoms. The Labute approximate surface area is 153 Å². The Kier molecular flexibility index (Phi) is 4.72. The highest BCUT2D eigenvalue weighted by Gasteiger charge is 2.16. The van der Waals surface area contributed by atoms with Crippen LogP contribution in [0.1, 0.15) is 36.0 Å². The first-order valence-electron chi connectivity index (χ1n) is 7.68. The Morgan fingerprint density at radius 1 is 1.31 bits per heavy atom. The Morgan fingerprint density at radius 2 is 2.08 bits per heavy atom. The normalized spacial score (nSPS) is 10.9. The van der Waals surface area contributed by atoms with Crippen molar-refractivity contribution in [1.82, 2.24) is 20.2 Å². The van der Waals surface area contributed by atoms with Gasteiger partial charge in [0.2, 0.25) is 17.7 Å². The number of aromatic nitrogens is 4. The molecule has 2 aromatic heterocycles. The Bertz CT molecular complexity index is 971. The minimum atomic E-state index is -0.605. The zero-order valence-corrected chi connectivity index (χ0v) is 14.8. The Hall–Kier alpha value is -3.20. The molecule has 0 unspecified atom stereocenters. The number of amides is 1. The highest BCUT2D eigenvalue weighted by Crippen LogP contribution is 2.27. The Morgan fingerprint density at radius 3 is 2.65 bits per heavy atom. The second-order valence-electron chi connectivity index (χ2n) is 5.78. The fourth-order valence-corrected chi connectivity index (χ4v) is 2.39. The number of nitrogens with zero attached hydrogens (tertiary/aromatic N) is 4. The van der Waals surface area contributed by atoms with E-state index in [0.29, 0.717) is 17.1 Å². The lowest BCUT2D eigenvalue weighted by molar-refractivity contribution is 0.100. The van der Waals surface area contributed by atoms with Crippen molar-refractivity contribution in [3.05, 3.63) is 40.9 Å². The van der Waals surface area contributed by atoms with Gasteiger partial charge in [-0.2, -0.15) is 4.98 Å². The van der Waals surface area contributed by atoms with Gasteiger partial charge in [-0.1, -0.05) is 25.4 Å². The summed E-state index contributed by atoms with van der Waals surface area (Å²) in [6, 6.07) is 4.69. The third-order valence-electron chi connectivity index (χ3n) is 3.47. The molecule has 0 spiro atoms. The first-order chi connectivity index (χ1) is 12.3. The van der Waals surface area contributed by atoms with Gasteiger partial charge in [0.1, 0.15) is 5.82 Å². The average Bonchev–Trinajstić information content (AvgIpc) is 3.04. The van der Waals surface area contributed by atoms with Crippen molar-refractivity contribution in [2.24, 2.45) is 5.73 Å². The first kappa shape index (κ1) is 17.6. The molecule has 2 heterocycles. The van der Waals surface area contributed by atoms with Crippen LogP contribution in [-0.4, -0.2) is 26.1 Å². The maximum Gasteiger partial charge on any atom is 0.253 e. The molecule has 0 aliphatic heterocycles. The summed E-state index contributed by atoms with van der Waals surface area (Å²) >= 11 is 6.02. The van der Waals surface area contributed by atoms with Gasteiger partial charge in [-0.25, -0.2) is 4.98 Å². The molecule has 3 rings (SSSR count). The van der Waals surface area contributed by atoms with Crippen LogP contribution in [0.15, 0.2) is 28.8 Å². The van der Waals surface area contributed by atoms with Crippen molar-refractivity contribution in [3.8, 4) is 11.5 Å². The van der Waals surface area contributed by atoms with E-state index in [0.717, 1.165) is 0 Å². The summed E-state index contributed by atoms with van der Waals surface area (Å²) in [6.45, 7) is 3.89. The summed E-state index contributed by atoms with van der Waals surface area (Å²) in [7, 11) is 0. The van der Waals surface area contributed by atoms with Crippen LogP contribution in [0.25, 0.3) is 11.5 Å². The first-order valence-corrected chi connectivity index (χ1v) is 8.05. The standard InChI is InChI=1S/C16H16ClN7O2/c1-7(2)14-23-24-15(26-14)10-6-20-16(22-12(10)18)21-8-3-4-9(13(19)25)11(17)5-8/h3-7H,1-2H3,(H2,19,25)(H3,18,20,21,22). The monoisotopic (exact) mass is 373 g/mol. The largest absolute Gasteiger partial charge is 0.420 e. The van der Waals surface area contributed by atoms with Crippen molar-refractivity contribution in [3.63, 3.8) is 0 Å². The summed E-state index contributed by atoms with van der Waals surface area (Å²) < 4.78 is 5.56. The lowest BCUT2D eigenvalue weighted by atomic mass is 10.2. The molecule has 0 fully saturated rings. The zero-order valence-electron chi connectivity index (χ0n) is 14.0. The fraction of sp³-hybridized carbons (Fsp3) is 0.188. The van der Waals surface area contributed by atoms with Crippen LogP contribution in [0.2, 0.25) is 5.02 Å². The molecule has 1 aromatic carbocycles. The van der Waals surface area contributed by atoms with Crippen LogP contribution >= 0.6 is 11.6 Å². The number of hydrogen-bond donors (Lipinski definition) is 3. The van der Waals surface area contributed by atoms with Gasteiger partial charge in [-0.15, -0.1) is 10.2 Å². The zero-order chi connectivity index (χ0) is 18.8. The van der Waals surface area contributed by atoms with Crippen LogP contribution in [0.5, 0.6) is 0 Å². The number of nitrogen functional groups attached to an aromatic ring is 1. The number of primary amides is 1. The van der Waals surface area contributed by atoms with Crippen molar-refractivity contribution >= 4 is 35.0 Å². The second kappa shape index (κ2) is 6.96. The van der Waals surface area contributed by atoms with Gasteiger partial charge in [0, 0.05) is 17.8 Å². The van der Waals surface area contributed by atoms with Crippen molar-refractivity contribution in [2.75, 3.05) is 11.1 Å². The summed E-state index contributed by atoms with van der Waals surface area (Å²) in [5, 5.41) is 11.1. The quantitative estimate of drug-likeness (QED) is 0.618. The van der Waals surface area contributed by atoms with Crippen molar-refractivity contribution in [1.29, 1.82) is 0 Å². The minimum absolute atomic E-state index is 0.104. The van der Waals surface area contributed by atoms with E-state index < -0.39 is 5.91 Å². The van der Waals surface area contributed by atoms with Gasteiger partial charge in [-0.3, -0.25) is 4.79 Å². The number of hydrogen-bond acceptors (Lipinski definition) is 8. The number of nitrogens with one attached hydrogen (secondary N) is 1. The van der Waals surface area contributed by atoms with Gasteiger partial charge in [-0.05, 0) is 18.2 Å². The lowest BCUT2D eigenvalue weighted by Crippen LogP contribution is -2.11. The smallest absolute Gasteiger partial charge is 0.253 e. The molecule has 10 heteroatoms. The number of nitrogens with two attached hydrogens (primary N) is 2. The third kappa shape index (κ3) is 3.57. The topological polar surface area (TPSA) is 146 Å². The van der Waals surface area contributed by atoms with E-state index in [1.54, 1.807) is 12.1 Å². The molecule has 0 aliphatic rings. The van der Waals surface area contributed by atoms with Gasteiger partial charge >= 0.3 is 0 Å². The van der Waals surface area contributed by atoms with E-state index in [1.165, 1.54) is 12.3 Å². The Balaban J connectivity index is 1.83. The maximum atomic E-state index is 11.2. The molecule has 0 aliphatic carbocycles. The average molecular weight is 374 g/mol. The van der Waals surface area contributed by atoms with Gasteiger partial charge in [0.05, 0.1) is 16.1 Å². The molecule has 0 radical (unpaired) electrons. The second-order valence-corrected chi connectivity index (χ2v) is 6.18. The van der Waals surface area contributed by atoms with Gasteiger partial charge in [0.25, 0.3) is 5.89 Å². The van der Waals surface area contributed by atoms with E-state index in [9.17, 15) is 4.79 Å². The summed E-state index contributed by atoms with van der Waals surface area (Å²) in [4.78, 5) is 19.6. The van der Waals surface area contributed by atoms with E-state index in [1.807, 2.05) is 13.8 Å².